The average molecular weight is 1370 g/mol. The third-order valence-electron chi connectivity index (χ3n) is 23.0. The lowest BCUT2D eigenvalue weighted by Gasteiger charge is -2.46. The van der Waals surface area contributed by atoms with Crippen molar-refractivity contribution in [1.29, 1.82) is 0 Å². The molecule has 0 saturated carbocycles. The van der Waals surface area contributed by atoms with Crippen molar-refractivity contribution in [3.05, 3.63) is 282 Å². The molecule has 2 aliphatic heterocycles. The molecule has 0 bridgehead atoms. The summed E-state index contributed by atoms with van der Waals surface area (Å²) in [5, 5.41) is 4.90. The summed E-state index contributed by atoms with van der Waals surface area (Å²) in [7, 11) is 0. The molecular weight excluding hydrogens is 1270 g/mol. The Morgan fingerprint density at radius 1 is 0.229 bits per heavy atom. The number of fused-ring (bicyclic) bond motifs is 11. The van der Waals surface area contributed by atoms with Crippen molar-refractivity contribution in [3.63, 3.8) is 0 Å². The van der Waals surface area contributed by atoms with Gasteiger partial charge in [0.1, 0.15) is 0 Å². The SMILES string of the molecule is CC(C)(C)c1ccc(-c2cc(C(C)(C)C)ccc2N2c3cc(-c4cc(C(C)(C)C)cc(C(C)(C)C)c4)ccc3B3c4ccc(-n5c6ccccc6c6ccc7c8ccccc8n(-c8ccccc8)c7c65)cc4N(c4ccc(C(C)(C)C)cc4-c4ccc(C(C)(C)C)cc4)c4cc(C(C)(C)C)cc2c43)cc1. The third-order valence-corrected chi connectivity index (χ3v) is 23.0. The largest absolute Gasteiger partial charge is 0.311 e. The Bertz CT molecular complexity index is 5770. The van der Waals surface area contributed by atoms with E-state index in [4.69, 9.17) is 0 Å². The third kappa shape index (κ3) is 11.8. The van der Waals surface area contributed by atoms with E-state index in [0.29, 0.717) is 0 Å². The Morgan fingerprint density at radius 2 is 0.600 bits per heavy atom. The molecule has 105 heavy (non-hydrogen) atoms. The molecule has 0 saturated heterocycles. The molecule has 2 aliphatic rings. The highest BCUT2D eigenvalue weighted by molar-refractivity contribution is 7.00. The first-order chi connectivity index (χ1) is 49.5. The summed E-state index contributed by atoms with van der Waals surface area (Å²) in [6, 6.07) is 95.3. The standard InChI is InChI=1S/C100H103BN4/c1-94(2,3)66-40-35-62(36-41-66)79-57-68(96(7,8)9)44-51-85(79)104-87-55-64(65-53-70(98(13,14)15)56-71(54-65)99(16,17)18)39-49-81(87)101-82-50-46-74(103-84-34-28-26-32-76(84)78-48-47-77-75-31-25-27-33-83(75)102(92(77)93(78)103)73-29-23-22-24-30-73)61-88(82)105(90-60-72(100(19,20)21)59-89(104)91(90)101)86-52-45-69(97(10,11)12)58-80(86)63-37-42-67(43-38-63)95(4,5)6/h22-61H,1-21H3. The fourth-order valence-electron chi connectivity index (χ4n) is 16.7. The molecule has 0 N–H and O–H groups in total. The second-order valence-electron chi connectivity index (χ2n) is 37.6. The van der Waals surface area contributed by atoms with Gasteiger partial charge in [0, 0.05) is 66.8 Å². The monoisotopic (exact) mass is 1370 g/mol. The number of hydrogen-bond acceptors (Lipinski definition) is 2. The van der Waals surface area contributed by atoms with Crippen LogP contribution in [0.5, 0.6) is 0 Å². The molecule has 0 fully saturated rings. The Hall–Kier alpha value is -10.1. The van der Waals surface area contributed by atoms with Crippen LogP contribution < -0.4 is 26.2 Å². The molecule has 0 spiro atoms. The zero-order valence-electron chi connectivity index (χ0n) is 66.0. The Balaban J connectivity index is 1.06. The maximum atomic E-state index is 2.71. The second-order valence-corrected chi connectivity index (χ2v) is 37.6. The number of nitrogens with zero attached hydrogens (tertiary/aromatic N) is 4. The number of benzene rings is 12. The van der Waals surface area contributed by atoms with Crippen LogP contribution in [-0.4, -0.2) is 15.8 Å². The number of rotatable bonds is 7. The molecule has 4 heterocycles. The zero-order chi connectivity index (χ0) is 74.1. The van der Waals surface area contributed by atoms with E-state index in [-0.39, 0.29) is 44.6 Å². The van der Waals surface area contributed by atoms with E-state index >= 15 is 0 Å². The topological polar surface area (TPSA) is 16.3 Å². The molecule has 526 valence electrons. The molecule has 0 radical (unpaired) electrons. The molecule has 14 aromatic rings. The second kappa shape index (κ2) is 24.2. The molecular formula is C100H103BN4. The lowest BCUT2D eigenvalue weighted by Crippen LogP contribution is -2.61. The first-order valence-electron chi connectivity index (χ1n) is 38.3. The van der Waals surface area contributed by atoms with E-state index in [2.05, 4.69) is 407 Å². The Morgan fingerprint density at radius 3 is 1.04 bits per heavy atom. The number of aromatic nitrogens is 2. The van der Waals surface area contributed by atoms with E-state index in [1.165, 1.54) is 144 Å². The van der Waals surface area contributed by atoms with Crippen molar-refractivity contribution < 1.29 is 0 Å². The van der Waals surface area contributed by atoms with Crippen LogP contribution in [0.1, 0.15) is 184 Å². The summed E-state index contributed by atoms with van der Waals surface area (Å²) in [5.41, 5.74) is 33.5. The van der Waals surface area contributed by atoms with Gasteiger partial charge in [0.05, 0.1) is 33.4 Å². The molecule has 5 heteroatoms. The summed E-state index contributed by atoms with van der Waals surface area (Å²) in [4.78, 5) is 5.42. The van der Waals surface area contributed by atoms with Gasteiger partial charge < -0.3 is 18.9 Å². The first-order valence-corrected chi connectivity index (χ1v) is 38.3. The fourth-order valence-corrected chi connectivity index (χ4v) is 16.7. The molecule has 0 atom stereocenters. The van der Waals surface area contributed by atoms with Gasteiger partial charge in [-0.2, -0.15) is 0 Å². The van der Waals surface area contributed by atoms with E-state index in [9.17, 15) is 0 Å². The van der Waals surface area contributed by atoms with E-state index in [1.54, 1.807) is 0 Å². The van der Waals surface area contributed by atoms with Crippen LogP contribution in [0.25, 0.3) is 88.4 Å². The van der Waals surface area contributed by atoms with Gasteiger partial charge in [-0.05, 0) is 194 Å². The van der Waals surface area contributed by atoms with Crippen LogP contribution in [0.2, 0.25) is 0 Å². The maximum absolute atomic E-state index is 2.71. The lowest BCUT2D eigenvalue weighted by atomic mass is 9.33. The smallest absolute Gasteiger partial charge is 0.252 e. The highest BCUT2D eigenvalue weighted by atomic mass is 15.2. The van der Waals surface area contributed by atoms with Crippen molar-refractivity contribution in [2.45, 2.75) is 183 Å². The van der Waals surface area contributed by atoms with Gasteiger partial charge in [0.2, 0.25) is 0 Å². The van der Waals surface area contributed by atoms with Crippen molar-refractivity contribution >= 4 is 101 Å². The van der Waals surface area contributed by atoms with Crippen LogP contribution in [0.3, 0.4) is 0 Å². The van der Waals surface area contributed by atoms with Gasteiger partial charge in [-0.15, -0.1) is 0 Å². The Kier molecular flexibility index (Phi) is 16.0. The van der Waals surface area contributed by atoms with E-state index in [1.807, 2.05) is 0 Å². The summed E-state index contributed by atoms with van der Waals surface area (Å²) in [5.74, 6) is 0. The van der Waals surface area contributed by atoms with E-state index in [0.717, 1.165) is 34.0 Å². The summed E-state index contributed by atoms with van der Waals surface area (Å²) in [6.07, 6.45) is 0. The summed E-state index contributed by atoms with van der Waals surface area (Å²) >= 11 is 0. The quantitative estimate of drug-likeness (QED) is 0.148. The molecule has 2 aromatic heterocycles. The minimum atomic E-state index is -0.283. The average Bonchev–Trinajstić information content (AvgIpc) is 1.31. The van der Waals surface area contributed by atoms with Gasteiger partial charge >= 0.3 is 0 Å². The van der Waals surface area contributed by atoms with Gasteiger partial charge in [0.15, 0.2) is 0 Å². The fraction of sp³-hybridized carbons (Fsp3) is 0.280. The lowest BCUT2D eigenvalue weighted by molar-refractivity contribution is 0.569. The van der Waals surface area contributed by atoms with Crippen LogP contribution >= 0.6 is 0 Å². The number of hydrogen-bond donors (Lipinski definition) is 0. The van der Waals surface area contributed by atoms with Crippen molar-refractivity contribution in [2.24, 2.45) is 0 Å². The van der Waals surface area contributed by atoms with Crippen molar-refractivity contribution in [2.75, 3.05) is 9.80 Å². The summed E-state index contributed by atoms with van der Waals surface area (Å²) < 4.78 is 5.11. The molecule has 0 unspecified atom stereocenters. The van der Waals surface area contributed by atoms with Crippen LogP contribution in [-0.2, 0) is 37.9 Å². The normalized spacial score (nSPS) is 13.7. The van der Waals surface area contributed by atoms with Crippen LogP contribution in [0.4, 0.5) is 34.1 Å². The Labute approximate surface area is 625 Å². The van der Waals surface area contributed by atoms with Crippen LogP contribution in [0, 0.1) is 0 Å². The molecule has 0 amide bonds. The minimum absolute atomic E-state index is 0.0131. The maximum Gasteiger partial charge on any atom is 0.252 e. The van der Waals surface area contributed by atoms with Crippen molar-refractivity contribution in [1.82, 2.24) is 9.13 Å². The molecule has 0 aliphatic carbocycles. The van der Waals surface area contributed by atoms with Gasteiger partial charge in [-0.25, -0.2) is 0 Å². The first kappa shape index (κ1) is 69.3. The molecule has 16 rings (SSSR count). The summed E-state index contributed by atoms with van der Waals surface area (Å²) in [6.45, 7) is 49.2. The molecule has 4 nitrogen and oxygen atoms in total. The predicted molar refractivity (Wildman–Crippen MR) is 456 cm³/mol. The van der Waals surface area contributed by atoms with Gasteiger partial charge in [-0.1, -0.05) is 309 Å². The van der Waals surface area contributed by atoms with Gasteiger partial charge in [-0.3, -0.25) is 0 Å². The highest BCUT2D eigenvalue weighted by Crippen LogP contribution is 2.53. The zero-order valence-corrected chi connectivity index (χ0v) is 66.0. The van der Waals surface area contributed by atoms with Crippen molar-refractivity contribution in [3.8, 4) is 44.8 Å². The number of anilines is 6. The van der Waals surface area contributed by atoms with E-state index < -0.39 is 0 Å². The van der Waals surface area contributed by atoms with Gasteiger partial charge in [0.25, 0.3) is 6.71 Å². The molecule has 12 aromatic carbocycles. The number of para-hydroxylation sites is 3. The van der Waals surface area contributed by atoms with Crippen LogP contribution in [0.15, 0.2) is 243 Å². The minimum Gasteiger partial charge on any atom is -0.311 e. The highest BCUT2D eigenvalue weighted by Gasteiger charge is 2.46. The predicted octanol–water partition coefficient (Wildman–Crippen LogP) is 26.0.